The summed E-state index contributed by atoms with van der Waals surface area (Å²) >= 11 is 0. The minimum absolute atomic E-state index is 0.651. The molecule has 0 amide bonds. The number of hydrogen-bond acceptors (Lipinski definition) is 2. The fraction of sp³-hybridized carbons (Fsp3) is 0.381. The normalized spacial score (nSPS) is 24.9. The number of benzene rings is 1. The number of piperidine rings is 1. The lowest BCUT2D eigenvalue weighted by Crippen LogP contribution is -2.35. The summed E-state index contributed by atoms with van der Waals surface area (Å²) in [6.45, 7) is 1.29. The van der Waals surface area contributed by atoms with Gasteiger partial charge in [0, 0.05) is 24.5 Å². The van der Waals surface area contributed by atoms with Crippen molar-refractivity contribution < 1.29 is 0 Å². The first-order valence-electron chi connectivity index (χ1n) is 8.84. The molecule has 0 radical (unpaired) electrons. The summed E-state index contributed by atoms with van der Waals surface area (Å²) in [5, 5.41) is 0. The standard InChI is InChI=1S/C21H24N2/c1-2-16-23-20(3-1)10-11-21(23)19-8-6-17(7-9-19)4-5-18-12-14-22-15-13-18/h4-9,12-15,20-21H,1-3,10-11,16H2/t20-,21-/m0/s1. The SMILES string of the molecule is C(=Cc1ccc([C@@H]2CC[C@@H]3CCCCN32)cc1)c1ccncc1. The third-order valence-electron chi connectivity index (χ3n) is 5.34. The number of aromatic nitrogens is 1. The zero-order valence-corrected chi connectivity index (χ0v) is 13.6. The van der Waals surface area contributed by atoms with Gasteiger partial charge in [0.1, 0.15) is 0 Å². The van der Waals surface area contributed by atoms with Gasteiger partial charge in [-0.05, 0) is 61.1 Å². The summed E-state index contributed by atoms with van der Waals surface area (Å²) in [6, 6.07) is 14.7. The molecule has 0 spiro atoms. The molecule has 3 heterocycles. The van der Waals surface area contributed by atoms with Crippen molar-refractivity contribution in [2.45, 2.75) is 44.2 Å². The molecule has 2 aliphatic heterocycles. The quantitative estimate of drug-likeness (QED) is 0.798. The molecule has 2 nitrogen and oxygen atoms in total. The molecule has 118 valence electrons. The van der Waals surface area contributed by atoms with Gasteiger partial charge in [-0.3, -0.25) is 9.88 Å². The highest BCUT2D eigenvalue weighted by molar-refractivity contribution is 5.69. The molecule has 0 saturated carbocycles. The fourth-order valence-electron chi connectivity index (χ4n) is 4.11. The van der Waals surface area contributed by atoms with Gasteiger partial charge in [0.25, 0.3) is 0 Å². The van der Waals surface area contributed by atoms with Crippen LogP contribution in [0.5, 0.6) is 0 Å². The van der Waals surface area contributed by atoms with Crippen LogP contribution in [0.1, 0.15) is 54.8 Å². The maximum absolute atomic E-state index is 4.05. The molecule has 2 aliphatic rings. The van der Waals surface area contributed by atoms with Gasteiger partial charge in [0.05, 0.1) is 0 Å². The average molecular weight is 304 g/mol. The molecule has 2 fully saturated rings. The van der Waals surface area contributed by atoms with E-state index < -0.39 is 0 Å². The Bertz CT molecular complexity index is 660. The van der Waals surface area contributed by atoms with Crippen molar-refractivity contribution in [2.24, 2.45) is 0 Å². The molecule has 4 rings (SSSR count). The molecule has 1 aromatic carbocycles. The molecule has 2 atom stereocenters. The number of fused-ring (bicyclic) bond motifs is 1. The van der Waals surface area contributed by atoms with Crippen molar-refractivity contribution in [3.05, 3.63) is 65.5 Å². The Labute approximate surface area is 138 Å². The van der Waals surface area contributed by atoms with Crippen LogP contribution in [0.4, 0.5) is 0 Å². The van der Waals surface area contributed by atoms with Crippen LogP contribution in [-0.2, 0) is 0 Å². The highest BCUT2D eigenvalue weighted by Gasteiger charge is 2.35. The van der Waals surface area contributed by atoms with E-state index in [1.54, 1.807) is 0 Å². The molecule has 1 aromatic heterocycles. The van der Waals surface area contributed by atoms with E-state index >= 15 is 0 Å². The molecule has 0 N–H and O–H groups in total. The Balaban J connectivity index is 1.47. The molecule has 0 unspecified atom stereocenters. The topological polar surface area (TPSA) is 16.1 Å². The Morgan fingerprint density at radius 3 is 2.35 bits per heavy atom. The van der Waals surface area contributed by atoms with Crippen molar-refractivity contribution in [1.29, 1.82) is 0 Å². The van der Waals surface area contributed by atoms with Gasteiger partial charge >= 0.3 is 0 Å². The maximum atomic E-state index is 4.05. The second-order valence-electron chi connectivity index (χ2n) is 6.76. The summed E-state index contributed by atoms with van der Waals surface area (Å²) < 4.78 is 0. The van der Waals surface area contributed by atoms with Gasteiger partial charge in [-0.1, -0.05) is 42.8 Å². The molecule has 2 heteroatoms. The van der Waals surface area contributed by atoms with E-state index in [0.717, 1.165) is 6.04 Å². The van der Waals surface area contributed by atoms with Crippen LogP contribution in [0.3, 0.4) is 0 Å². The van der Waals surface area contributed by atoms with Crippen LogP contribution in [0, 0.1) is 0 Å². The minimum atomic E-state index is 0.651. The van der Waals surface area contributed by atoms with E-state index in [2.05, 4.69) is 46.3 Å². The van der Waals surface area contributed by atoms with Gasteiger partial charge in [-0.25, -0.2) is 0 Å². The summed E-state index contributed by atoms with van der Waals surface area (Å²) in [6.07, 6.45) is 14.9. The summed E-state index contributed by atoms with van der Waals surface area (Å²) in [4.78, 5) is 6.81. The lowest BCUT2D eigenvalue weighted by molar-refractivity contribution is 0.150. The predicted octanol–water partition coefficient (Wildman–Crippen LogP) is 4.94. The maximum Gasteiger partial charge on any atom is 0.0351 e. The third-order valence-corrected chi connectivity index (χ3v) is 5.34. The molecule has 23 heavy (non-hydrogen) atoms. The summed E-state index contributed by atoms with van der Waals surface area (Å²) in [5.41, 5.74) is 3.95. The Hall–Kier alpha value is -1.93. The first kappa shape index (κ1) is 14.6. The first-order chi connectivity index (χ1) is 11.4. The van der Waals surface area contributed by atoms with Crippen molar-refractivity contribution in [2.75, 3.05) is 6.54 Å². The average Bonchev–Trinajstić information content (AvgIpc) is 3.05. The van der Waals surface area contributed by atoms with Crippen molar-refractivity contribution in [1.82, 2.24) is 9.88 Å². The molecule has 2 saturated heterocycles. The van der Waals surface area contributed by atoms with E-state index in [1.165, 1.54) is 55.3 Å². The number of nitrogens with zero attached hydrogens (tertiary/aromatic N) is 2. The number of pyridine rings is 1. The van der Waals surface area contributed by atoms with Gasteiger partial charge in [-0.15, -0.1) is 0 Å². The van der Waals surface area contributed by atoms with Crippen LogP contribution in [0.15, 0.2) is 48.8 Å². The first-order valence-corrected chi connectivity index (χ1v) is 8.84. The zero-order valence-electron chi connectivity index (χ0n) is 13.6. The lowest BCUT2D eigenvalue weighted by atomic mass is 10.0. The minimum Gasteiger partial charge on any atom is -0.293 e. The lowest BCUT2D eigenvalue weighted by Gasteiger charge is -2.34. The predicted molar refractivity (Wildman–Crippen MR) is 95.9 cm³/mol. The van der Waals surface area contributed by atoms with Crippen LogP contribution in [0.25, 0.3) is 12.2 Å². The van der Waals surface area contributed by atoms with E-state index in [0.29, 0.717) is 6.04 Å². The van der Waals surface area contributed by atoms with Crippen molar-refractivity contribution in [3.8, 4) is 0 Å². The second-order valence-corrected chi connectivity index (χ2v) is 6.76. The van der Waals surface area contributed by atoms with Crippen LogP contribution >= 0.6 is 0 Å². The molecule has 0 aliphatic carbocycles. The Kier molecular flexibility index (Phi) is 4.25. The molecular formula is C21H24N2. The van der Waals surface area contributed by atoms with Crippen molar-refractivity contribution in [3.63, 3.8) is 0 Å². The van der Waals surface area contributed by atoms with E-state index in [1.807, 2.05) is 24.5 Å². The van der Waals surface area contributed by atoms with Crippen LogP contribution < -0.4 is 0 Å². The van der Waals surface area contributed by atoms with E-state index in [9.17, 15) is 0 Å². The largest absolute Gasteiger partial charge is 0.293 e. The Morgan fingerprint density at radius 1 is 0.826 bits per heavy atom. The number of hydrogen-bond donors (Lipinski definition) is 0. The van der Waals surface area contributed by atoms with Crippen LogP contribution in [-0.4, -0.2) is 22.5 Å². The van der Waals surface area contributed by atoms with Gasteiger partial charge in [0.15, 0.2) is 0 Å². The number of rotatable bonds is 3. The highest BCUT2D eigenvalue weighted by atomic mass is 15.2. The third kappa shape index (κ3) is 3.23. The zero-order chi connectivity index (χ0) is 15.5. The molecule has 0 bridgehead atoms. The smallest absolute Gasteiger partial charge is 0.0351 e. The van der Waals surface area contributed by atoms with E-state index in [4.69, 9.17) is 0 Å². The van der Waals surface area contributed by atoms with E-state index in [-0.39, 0.29) is 0 Å². The fourth-order valence-corrected chi connectivity index (χ4v) is 4.11. The molecule has 2 aromatic rings. The van der Waals surface area contributed by atoms with Crippen LogP contribution in [0.2, 0.25) is 0 Å². The second kappa shape index (κ2) is 6.67. The Morgan fingerprint density at radius 2 is 1.57 bits per heavy atom. The van der Waals surface area contributed by atoms with Gasteiger partial charge in [0.2, 0.25) is 0 Å². The van der Waals surface area contributed by atoms with Gasteiger partial charge in [-0.2, -0.15) is 0 Å². The van der Waals surface area contributed by atoms with Gasteiger partial charge < -0.3 is 0 Å². The van der Waals surface area contributed by atoms with Crippen molar-refractivity contribution >= 4 is 12.2 Å². The molecular weight excluding hydrogens is 280 g/mol. The summed E-state index contributed by atoms with van der Waals surface area (Å²) in [7, 11) is 0. The monoisotopic (exact) mass is 304 g/mol. The summed E-state index contributed by atoms with van der Waals surface area (Å²) in [5.74, 6) is 0. The highest BCUT2D eigenvalue weighted by Crippen LogP contribution is 2.40.